The predicted molar refractivity (Wildman–Crippen MR) is 45.1 cm³/mol. The molecule has 0 aromatic heterocycles. The van der Waals surface area contributed by atoms with E-state index < -0.39 is 6.17 Å². The molecule has 2 N–H and O–H groups in total. The van der Waals surface area contributed by atoms with Crippen LogP contribution < -0.4 is 5.73 Å². The molecule has 0 bridgehead atoms. The Bertz CT molecular complexity index is 148. The van der Waals surface area contributed by atoms with Gasteiger partial charge in [0.05, 0.1) is 0 Å². The molecule has 0 aliphatic heterocycles. The zero-order valence-electron chi connectivity index (χ0n) is 7.60. The van der Waals surface area contributed by atoms with E-state index in [1.807, 2.05) is 6.92 Å². The molecule has 0 heterocycles. The summed E-state index contributed by atoms with van der Waals surface area (Å²) in [6, 6.07) is 0.0440. The Morgan fingerprint density at radius 3 is 2.45 bits per heavy atom. The minimum Gasteiger partial charge on any atom is -0.327 e. The number of alkyl halides is 1. The SMILES string of the molecule is CCC(C)C(N)C1(C)CC1F. The second-order valence-corrected chi connectivity index (χ2v) is 4.09. The Hall–Kier alpha value is -0.110. The number of halogens is 1. The first kappa shape index (κ1) is 8.98. The largest absolute Gasteiger partial charge is 0.327 e. The quantitative estimate of drug-likeness (QED) is 0.670. The molecule has 2 heteroatoms. The van der Waals surface area contributed by atoms with Gasteiger partial charge in [0.15, 0.2) is 0 Å². The van der Waals surface area contributed by atoms with E-state index in [1.165, 1.54) is 0 Å². The third-order valence-electron chi connectivity index (χ3n) is 3.19. The van der Waals surface area contributed by atoms with Crippen molar-refractivity contribution in [2.45, 2.75) is 45.8 Å². The molecule has 1 nitrogen and oxygen atoms in total. The predicted octanol–water partition coefficient (Wildman–Crippen LogP) is 2.11. The number of rotatable bonds is 3. The summed E-state index contributed by atoms with van der Waals surface area (Å²) >= 11 is 0. The maximum atomic E-state index is 12.8. The Labute approximate surface area is 68.2 Å². The van der Waals surface area contributed by atoms with Crippen molar-refractivity contribution >= 4 is 0 Å². The van der Waals surface area contributed by atoms with Crippen LogP contribution in [0.2, 0.25) is 0 Å². The highest BCUT2D eigenvalue weighted by Crippen LogP contribution is 2.52. The first-order valence-electron chi connectivity index (χ1n) is 4.42. The first-order chi connectivity index (χ1) is 5.02. The smallest absolute Gasteiger partial charge is 0.108 e. The van der Waals surface area contributed by atoms with Gasteiger partial charge in [-0.2, -0.15) is 0 Å². The van der Waals surface area contributed by atoms with Gasteiger partial charge in [-0.15, -0.1) is 0 Å². The standard InChI is InChI=1S/C9H18FN/c1-4-6(2)8(11)9(3)5-7(9)10/h6-8H,4-5,11H2,1-3H3. The average molecular weight is 159 g/mol. The first-order valence-corrected chi connectivity index (χ1v) is 4.42. The van der Waals surface area contributed by atoms with Crippen LogP contribution in [0.15, 0.2) is 0 Å². The molecule has 1 rings (SSSR count). The summed E-state index contributed by atoms with van der Waals surface area (Å²) in [5.74, 6) is 0.445. The van der Waals surface area contributed by atoms with Crippen LogP contribution in [-0.2, 0) is 0 Å². The van der Waals surface area contributed by atoms with Crippen LogP contribution in [-0.4, -0.2) is 12.2 Å². The summed E-state index contributed by atoms with van der Waals surface area (Å²) in [5, 5.41) is 0. The third-order valence-corrected chi connectivity index (χ3v) is 3.19. The van der Waals surface area contributed by atoms with Crippen molar-refractivity contribution in [1.82, 2.24) is 0 Å². The molecule has 0 aromatic rings. The molecule has 1 fully saturated rings. The number of hydrogen-bond acceptors (Lipinski definition) is 1. The van der Waals surface area contributed by atoms with Crippen LogP contribution in [0.5, 0.6) is 0 Å². The van der Waals surface area contributed by atoms with Crippen molar-refractivity contribution in [3.63, 3.8) is 0 Å². The Morgan fingerprint density at radius 2 is 2.18 bits per heavy atom. The van der Waals surface area contributed by atoms with Crippen molar-refractivity contribution in [1.29, 1.82) is 0 Å². The normalized spacial score (nSPS) is 41.7. The van der Waals surface area contributed by atoms with E-state index in [-0.39, 0.29) is 11.5 Å². The monoisotopic (exact) mass is 159 g/mol. The van der Waals surface area contributed by atoms with Gasteiger partial charge in [-0.1, -0.05) is 27.2 Å². The Balaban J connectivity index is 2.48. The molecule has 11 heavy (non-hydrogen) atoms. The second-order valence-electron chi connectivity index (χ2n) is 4.09. The fraction of sp³-hybridized carbons (Fsp3) is 1.00. The van der Waals surface area contributed by atoms with Gasteiger partial charge in [-0.05, 0) is 12.3 Å². The van der Waals surface area contributed by atoms with Crippen LogP contribution in [0.3, 0.4) is 0 Å². The zero-order valence-corrected chi connectivity index (χ0v) is 7.60. The third kappa shape index (κ3) is 1.41. The van der Waals surface area contributed by atoms with Crippen molar-refractivity contribution < 1.29 is 4.39 Å². The van der Waals surface area contributed by atoms with Gasteiger partial charge in [0, 0.05) is 11.5 Å². The molecule has 0 aromatic carbocycles. The van der Waals surface area contributed by atoms with Crippen molar-refractivity contribution in [2.75, 3.05) is 0 Å². The fourth-order valence-corrected chi connectivity index (χ4v) is 1.58. The second kappa shape index (κ2) is 2.74. The van der Waals surface area contributed by atoms with E-state index >= 15 is 0 Å². The van der Waals surface area contributed by atoms with Gasteiger partial charge in [0.2, 0.25) is 0 Å². The fourth-order valence-electron chi connectivity index (χ4n) is 1.58. The lowest BCUT2D eigenvalue weighted by molar-refractivity contribution is 0.267. The van der Waals surface area contributed by atoms with Gasteiger partial charge in [-0.25, -0.2) is 4.39 Å². The van der Waals surface area contributed by atoms with Crippen molar-refractivity contribution in [3.8, 4) is 0 Å². The molecule has 4 atom stereocenters. The molecule has 0 radical (unpaired) electrons. The minimum atomic E-state index is -0.647. The van der Waals surface area contributed by atoms with Crippen LogP contribution in [0.1, 0.15) is 33.6 Å². The molecule has 0 saturated heterocycles. The summed E-state index contributed by atoms with van der Waals surface area (Å²) in [4.78, 5) is 0. The highest BCUT2D eigenvalue weighted by molar-refractivity contribution is 5.07. The molecule has 1 aliphatic carbocycles. The maximum Gasteiger partial charge on any atom is 0.108 e. The highest BCUT2D eigenvalue weighted by Gasteiger charge is 2.55. The molecule has 0 spiro atoms. The van der Waals surface area contributed by atoms with E-state index in [2.05, 4.69) is 13.8 Å². The van der Waals surface area contributed by atoms with Crippen LogP contribution in [0, 0.1) is 11.3 Å². The summed E-state index contributed by atoms with van der Waals surface area (Å²) < 4.78 is 12.8. The molecular formula is C9H18FN. The minimum absolute atomic E-state index is 0.0440. The van der Waals surface area contributed by atoms with Gasteiger partial charge in [0.25, 0.3) is 0 Å². The zero-order chi connectivity index (χ0) is 8.65. The summed E-state index contributed by atoms with van der Waals surface area (Å²) in [5.41, 5.74) is 5.72. The van der Waals surface area contributed by atoms with Crippen LogP contribution in [0.4, 0.5) is 4.39 Å². The molecule has 1 saturated carbocycles. The van der Waals surface area contributed by atoms with E-state index in [4.69, 9.17) is 5.73 Å². The van der Waals surface area contributed by atoms with E-state index in [1.54, 1.807) is 0 Å². The van der Waals surface area contributed by atoms with E-state index in [0.717, 1.165) is 6.42 Å². The van der Waals surface area contributed by atoms with E-state index in [9.17, 15) is 4.39 Å². The van der Waals surface area contributed by atoms with Gasteiger partial charge < -0.3 is 5.73 Å². The summed E-state index contributed by atoms with van der Waals surface area (Å²) in [7, 11) is 0. The number of hydrogen-bond donors (Lipinski definition) is 1. The maximum absolute atomic E-state index is 12.8. The Morgan fingerprint density at radius 1 is 1.73 bits per heavy atom. The lowest BCUT2D eigenvalue weighted by Crippen LogP contribution is -2.37. The molecule has 4 unspecified atom stereocenters. The lowest BCUT2D eigenvalue weighted by Gasteiger charge is -2.24. The molecule has 66 valence electrons. The van der Waals surface area contributed by atoms with Crippen molar-refractivity contribution in [2.24, 2.45) is 17.1 Å². The summed E-state index contributed by atoms with van der Waals surface area (Å²) in [6.07, 6.45) is 1.06. The lowest BCUT2D eigenvalue weighted by atomic mass is 9.87. The molecular weight excluding hydrogens is 141 g/mol. The highest BCUT2D eigenvalue weighted by atomic mass is 19.1. The van der Waals surface area contributed by atoms with Gasteiger partial charge >= 0.3 is 0 Å². The molecule has 0 amide bonds. The van der Waals surface area contributed by atoms with Crippen molar-refractivity contribution in [3.05, 3.63) is 0 Å². The topological polar surface area (TPSA) is 26.0 Å². The summed E-state index contributed by atoms with van der Waals surface area (Å²) in [6.45, 7) is 6.15. The van der Waals surface area contributed by atoms with Gasteiger partial charge in [0.1, 0.15) is 6.17 Å². The Kier molecular flexibility index (Phi) is 2.24. The number of nitrogens with two attached hydrogens (primary N) is 1. The molecule has 1 aliphatic rings. The van der Waals surface area contributed by atoms with Crippen LogP contribution >= 0.6 is 0 Å². The van der Waals surface area contributed by atoms with Crippen LogP contribution in [0.25, 0.3) is 0 Å². The average Bonchev–Trinajstić information content (AvgIpc) is 2.58. The van der Waals surface area contributed by atoms with E-state index in [0.29, 0.717) is 12.3 Å². The van der Waals surface area contributed by atoms with Gasteiger partial charge in [-0.3, -0.25) is 0 Å².